The van der Waals surface area contributed by atoms with E-state index >= 15 is 0 Å². The van der Waals surface area contributed by atoms with Crippen molar-refractivity contribution in [2.75, 3.05) is 25.0 Å². The van der Waals surface area contributed by atoms with Gasteiger partial charge in [0.05, 0.1) is 0 Å². The third-order valence-corrected chi connectivity index (χ3v) is 4.35. The van der Waals surface area contributed by atoms with Gasteiger partial charge in [-0.25, -0.2) is 0 Å². The molecule has 0 aliphatic carbocycles. The van der Waals surface area contributed by atoms with Crippen LogP contribution in [0.2, 0.25) is 0 Å². The van der Waals surface area contributed by atoms with Crippen molar-refractivity contribution in [1.29, 1.82) is 0 Å². The number of carbonyl (C=O) groups is 1. The molecule has 104 valence electrons. The number of piperazine rings is 1. The fraction of sp³-hybridized carbons (Fsp3) is 0.500. The van der Waals surface area contributed by atoms with Crippen molar-refractivity contribution in [3.63, 3.8) is 0 Å². The molecule has 4 nitrogen and oxygen atoms in total. The molecule has 1 aromatic rings. The first-order chi connectivity index (χ1) is 8.86. The average Bonchev–Trinajstić information content (AvgIpc) is 2.35. The maximum atomic E-state index is 12.6. The first-order valence-electron chi connectivity index (χ1n) is 6.37. The van der Waals surface area contributed by atoms with E-state index in [9.17, 15) is 4.79 Å². The molecule has 5 heteroatoms. The van der Waals surface area contributed by atoms with Crippen LogP contribution in [-0.2, 0) is 4.79 Å². The van der Waals surface area contributed by atoms with E-state index in [1.165, 1.54) is 0 Å². The quantitative estimate of drug-likeness (QED) is 0.902. The highest BCUT2D eigenvalue weighted by atomic mass is 79.9. The van der Waals surface area contributed by atoms with Gasteiger partial charge in [-0.1, -0.05) is 22.0 Å². The number of amides is 1. The number of anilines is 1. The molecule has 1 saturated heterocycles. The number of likely N-dealkylation sites (N-methyl/N-ethyl adjacent to an activating group) is 1. The van der Waals surface area contributed by atoms with Gasteiger partial charge in [-0.05, 0) is 39.1 Å². The highest BCUT2D eigenvalue weighted by Gasteiger charge is 2.42. The van der Waals surface area contributed by atoms with Crippen molar-refractivity contribution in [1.82, 2.24) is 4.90 Å². The van der Waals surface area contributed by atoms with E-state index in [1.807, 2.05) is 36.2 Å². The van der Waals surface area contributed by atoms with E-state index in [0.29, 0.717) is 13.1 Å². The Bertz CT molecular complexity index is 489. The Balaban J connectivity index is 2.38. The molecule has 0 spiro atoms. The Morgan fingerprint density at radius 3 is 2.74 bits per heavy atom. The van der Waals surface area contributed by atoms with E-state index in [-0.39, 0.29) is 17.5 Å². The minimum absolute atomic E-state index is 0.0717. The van der Waals surface area contributed by atoms with Gasteiger partial charge < -0.3 is 10.6 Å². The molecule has 1 fully saturated rings. The van der Waals surface area contributed by atoms with Crippen molar-refractivity contribution in [3.05, 3.63) is 28.7 Å². The topological polar surface area (TPSA) is 49.6 Å². The Kier molecular flexibility index (Phi) is 3.99. The molecule has 0 aromatic heterocycles. The molecule has 1 heterocycles. The number of hydrogen-bond acceptors (Lipinski definition) is 3. The Morgan fingerprint density at radius 1 is 1.47 bits per heavy atom. The number of nitrogens with zero attached hydrogens (tertiary/aromatic N) is 2. The summed E-state index contributed by atoms with van der Waals surface area (Å²) in [6.45, 7) is 5.26. The van der Waals surface area contributed by atoms with Crippen molar-refractivity contribution >= 4 is 27.5 Å². The number of nitrogens with two attached hydrogens (primary N) is 1. The zero-order valence-corrected chi connectivity index (χ0v) is 13.1. The molecule has 1 amide bonds. The van der Waals surface area contributed by atoms with Crippen LogP contribution in [-0.4, -0.2) is 42.5 Å². The normalized spacial score (nSPS) is 23.7. The third-order valence-electron chi connectivity index (χ3n) is 3.86. The van der Waals surface area contributed by atoms with Crippen LogP contribution >= 0.6 is 15.9 Å². The second-order valence-electron chi connectivity index (χ2n) is 5.58. The zero-order chi connectivity index (χ0) is 14.2. The summed E-state index contributed by atoms with van der Waals surface area (Å²) in [7, 11) is 1.97. The summed E-state index contributed by atoms with van der Waals surface area (Å²) in [4.78, 5) is 16.5. The van der Waals surface area contributed by atoms with Crippen LogP contribution in [0.15, 0.2) is 28.7 Å². The number of rotatable bonds is 2. The van der Waals surface area contributed by atoms with Gasteiger partial charge in [0.2, 0.25) is 5.91 Å². The molecular formula is C14H20BrN3O. The number of hydrogen-bond donors (Lipinski definition) is 1. The number of halogens is 1. The summed E-state index contributed by atoms with van der Waals surface area (Å²) in [6, 6.07) is 7.55. The lowest BCUT2D eigenvalue weighted by Gasteiger charge is -2.49. The minimum atomic E-state index is -0.261. The Morgan fingerprint density at radius 2 is 2.16 bits per heavy atom. The Labute approximate surface area is 122 Å². The Hall–Kier alpha value is -0.910. The maximum Gasteiger partial charge on any atom is 0.245 e. The second-order valence-corrected chi connectivity index (χ2v) is 6.49. The molecule has 1 unspecified atom stereocenters. The van der Waals surface area contributed by atoms with Gasteiger partial charge in [0.25, 0.3) is 0 Å². The molecule has 19 heavy (non-hydrogen) atoms. The van der Waals surface area contributed by atoms with Crippen LogP contribution in [0.25, 0.3) is 0 Å². The number of benzene rings is 1. The van der Waals surface area contributed by atoms with Gasteiger partial charge in [0, 0.05) is 28.8 Å². The van der Waals surface area contributed by atoms with Crippen molar-refractivity contribution in [3.8, 4) is 0 Å². The third kappa shape index (κ3) is 2.68. The summed E-state index contributed by atoms with van der Waals surface area (Å²) in [6.07, 6.45) is 0. The highest BCUT2D eigenvalue weighted by Crippen LogP contribution is 2.29. The van der Waals surface area contributed by atoms with Crippen LogP contribution in [0.4, 0.5) is 5.69 Å². The van der Waals surface area contributed by atoms with Gasteiger partial charge in [-0.3, -0.25) is 9.69 Å². The van der Waals surface area contributed by atoms with Crippen molar-refractivity contribution in [2.45, 2.75) is 25.4 Å². The lowest BCUT2D eigenvalue weighted by Crippen LogP contribution is -2.67. The summed E-state index contributed by atoms with van der Waals surface area (Å²) in [5.41, 5.74) is 6.60. The van der Waals surface area contributed by atoms with Crippen LogP contribution in [0.3, 0.4) is 0 Å². The predicted octanol–water partition coefficient (Wildman–Crippen LogP) is 1.83. The summed E-state index contributed by atoms with van der Waals surface area (Å²) < 4.78 is 0.971. The SMILES string of the molecule is CN1C(CN)C(=O)N(c2cccc(Br)c2)CC1(C)C. The maximum absolute atomic E-state index is 12.6. The van der Waals surface area contributed by atoms with Gasteiger partial charge in [0.1, 0.15) is 6.04 Å². The predicted molar refractivity (Wildman–Crippen MR) is 81.2 cm³/mol. The van der Waals surface area contributed by atoms with Crippen molar-refractivity contribution < 1.29 is 4.79 Å². The number of carbonyl (C=O) groups excluding carboxylic acids is 1. The van der Waals surface area contributed by atoms with Crippen LogP contribution in [0, 0.1) is 0 Å². The van der Waals surface area contributed by atoms with E-state index in [2.05, 4.69) is 34.7 Å². The van der Waals surface area contributed by atoms with Gasteiger partial charge >= 0.3 is 0 Å². The van der Waals surface area contributed by atoms with E-state index < -0.39 is 0 Å². The first-order valence-corrected chi connectivity index (χ1v) is 7.16. The van der Waals surface area contributed by atoms with E-state index in [1.54, 1.807) is 0 Å². The second kappa shape index (κ2) is 5.23. The molecule has 2 N–H and O–H groups in total. The summed E-state index contributed by atoms with van der Waals surface area (Å²) >= 11 is 3.45. The van der Waals surface area contributed by atoms with Gasteiger partial charge in [0.15, 0.2) is 0 Å². The van der Waals surface area contributed by atoms with E-state index in [0.717, 1.165) is 10.2 Å². The fourth-order valence-corrected chi connectivity index (χ4v) is 2.85. The van der Waals surface area contributed by atoms with Crippen LogP contribution in [0.5, 0.6) is 0 Å². The standard InChI is InChI=1S/C14H20BrN3O/c1-14(2)9-18(11-6-4-5-10(15)7-11)13(19)12(8-16)17(14)3/h4-7,12H,8-9,16H2,1-3H3. The lowest BCUT2D eigenvalue weighted by molar-refractivity contribution is -0.128. The lowest BCUT2D eigenvalue weighted by atomic mass is 9.94. The minimum Gasteiger partial charge on any atom is -0.328 e. The molecule has 0 saturated carbocycles. The fourth-order valence-electron chi connectivity index (χ4n) is 2.47. The van der Waals surface area contributed by atoms with Crippen molar-refractivity contribution in [2.24, 2.45) is 5.73 Å². The molecule has 1 aliphatic rings. The average molecular weight is 326 g/mol. The molecule has 1 aliphatic heterocycles. The summed E-state index contributed by atoms with van der Waals surface area (Å²) in [5.74, 6) is 0.0717. The smallest absolute Gasteiger partial charge is 0.245 e. The zero-order valence-electron chi connectivity index (χ0n) is 11.6. The van der Waals surface area contributed by atoms with Crippen LogP contribution < -0.4 is 10.6 Å². The van der Waals surface area contributed by atoms with E-state index in [4.69, 9.17) is 5.73 Å². The van der Waals surface area contributed by atoms with Gasteiger partial charge in [-0.2, -0.15) is 0 Å². The molecular weight excluding hydrogens is 306 g/mol. The monoisotopic (exact) mass is 325 g/mol. The molecule has 0 bridgehead atoms. The summed E-state index contributed by atoms with van der Waals surface area (Å²) in [5, 5.41) is 0. The molecule has 0 radical (unpaired) electrons. The molecule has 1 aromatic carbocycles. The molecule has 2 rings (SSSR count). The largest absolute Gasteiger partial charge is 0.328 e. The first kappa shape index (κ1) is 14.5. The van der Waals surface area contributed by atoms with Gasteiger partial charge in [-0.15, -0.1) is 0 Å². The van der Waals surface area contributed by atoms with Crippen LogP contribution in [0.1, 0.15) is 13.8 Å². The molecule has 1 atom stereocenters. The highest BCUT2D eigenvalue weighted by molar-refractivity contribution is 9.10.